The summed E-state index contributed by atoms with van der Waals surface area (Å²) in [6.45, 7) is 0.818. The predicted octanol–water partition coefficient (Wildman–Crippen LogP) is 1.50. The van der Waals surface area contributed by atoms with Crippen molar-refractivity contribution in [2.75, 3.05) is 31.1 Å². The Labute approximate surface area is 179 Å². The van der Waals surface area contributed by atoms with Crippen molar-refractivity contribution in [1.29, 1.82) is 0 Å². The van der Waals surface area contributed by atoms with Gasteiger partial charge in [0.15, 0.2) is 5.58 Å². The zero-order valence-corrected chi connectivity index (χ0v) is 17.9. The highest BCUT2D eigenvalue weighted by molar-refractivity contribution is 7.92. The fourth-order valence-electron chi connectivity index (χ4n) is 3.72. The molecule has 0 fully saturated rings. The van der Waals surface area contributed by atoms with E-state index in [1.165, 1.54) is 34.2 Å². The average molecular weight is 445 g/mol. The van der Waals surface area contributed by atoms with E-state index in [4.69, 9.17) is 9.15 Å². The number of rotatable bonds is 7. The number of nitrogens with zero attached hydrogens (tertiary/aromatic N) is 2. The number of hydrogen-bond donors (Lipinski definition) is 1. The Kier molecular flexibility index (Phi) is 5.84. The summed E-state index contributed by atoms with van der Waals surface area (Å²) in [5.74, 6) is -1.10. The molecule has 9 nitrogen and oxygen atoms in total. The number of sulfonamides is 1. The molecule has 1 aliphatic heterocycles. The van der Waals surface area contributed by atoms with Crippen molar-refractivity contribution in [2.24, 2.45) is 0 Å². The molecular formula is C21H23N3O6S. The number of hydrogen-bond acceptors (Lipinski definition) is 6. The molecule has 0 aliphatic carbocycles. The van der Waals surface area contributed by atoms with Crippen molar-refractivity contribution in [3.05, 3.63) is 58.6 Å². The topological polar surface area (TPSA) is 111 Å². The lowest BCUT2D eigenvalue weighted by molar-refractivity contribution is -0.121. The van der Waals surface area contributed by atoms with E-state index in [9.17, 15) is 18.0 Å². The van der Waals surface area contributed by atoms with Gasteiger partial charge >= 0.3 is 5.76 Å². The summed E-state index contributed by atoms with van der Waals surface area (Å²) >= 11 is 0. The van der Waals surface area contributed by atoms with Crippen LogP contribution in [0.3, 0.4) is 0 Å². The zero-order chi connectivity index (χ0) is 22.0. The van der Waals surface area contributed by atoms with Gasteiger partial charge in [-0.1, -0.05) is 18.2 Å². The highest BCUT2D eigenvalue weighted by Gasteiger charge is 2.29. The van der Waals surface area contributed by atoms with Gasteiger partial charge in [0.2, 0.25) is 5.91 Å². The first-order valence-electron chi connectivity index (χ1n) is 9.91. The molecule has 3 aromatic rings. The average Bonchev–Trinajstić information content (AvgIpc) is 3.07. The minimum atomic E-state index is -3.84. The molecule has 0 radical (unpaired) electrons. The Balaban J connectivity index is 1.65. The minimum absolute atomic E-state index is 0.0298. The number of aryl methyl sites for hydroxylation is 1. The van der Waals surface area contributed by atoms with Gasteiger partial charge in [-0.15, -0.1) is 0 Å². The van der Waals surface area contributed by atoms with E-state index in [-0.39, 0.29) is 22.9 Å². The molecule has 0 saturated heterocycles. The van der Waals surface area contributed by atoms with Crippen LogP contribution >= 0.6 is 0 Å². The van der Waals surface area contributed by atoms with Crippen LogP contribution in [0.4, 0.5) is 5.69 Å². The molecule has 0 atom stereocenters. The number of carbonyl (C=O) groups is 1. The number of oxazole rings is 1. The predicted molar refractivity (Wildman–Crippen MR) is 115 cm³/mol. The SMILES string of the molecule is COCCNC(=O)Cn1c(=O)oc2cc(S(=O)(=O)N3CCCc4ccccc43)ccc21. The van der Waals surface area contributed by atoms with Crippen LogP contribution in [-0.4, -0.2) is 45.7 Å². The maximum atomic E-state index is 13.3. The molecule has 31 heavy (non-hydrogen) atoms. The Morgan fingerprint density at radius 2 is 2.03 bits per heavy atom. The number of fused-ring (bicyclic) bond motifs is 2. The summed E-state index contributed by atoms with van der Waals surface area (Å²) in [4.78, 5) is 24.4. The molecule has 1 N–H and O–H groups in total. The molecule has 2 aromatic carbocycles. The molecule has 1 amide bonds. The monoisotopic (exact) mass is 445 g/mol. The second-order valence-corrected chi connectivity index (χ2v) is 9.10. The number of aromatic nitrogens is 1. The molecule has 4 rings (SSSR count). The van der Waals surface area contributed by atoms with Crippen molar-refractivity contribution < 1.29 is 22.4 Å². The number of carbonyl (C=O) groups excluding carboxylic acids is 1. The van der Waals surface area contributed by atoms with Crippen molar-refractivity contribution in [1.82, 2.24) is 9.88 Å². The molecular weight excluding hydrogens is 422 g/mol. The minimum Gasteiger partial charge on any atom is -0.408 e. The maximum Gasteiger partial charge on any atom is 0.420 e. The third kappa shape index (κ3) is 4.08. The number of methoxy groups -OCH3 is 1. The highest BCUT2D eigenvalue weighted by Crippen LogP contribution is 2.32. The van der Waals surface area contributed by atoms with Gasteiger partial charge in [-0.3, -0.25) is 13.7 Å². The van der Waals surface area contributed by atoms with Gasteiger partial charge in [-0.05, 0) is 36.6 Å². The molecule has 0 spiro atoms. The van der Waals surface area contributed by atoms with Crippen LogP contribution in [0.5, 0.6) is 0 Å². The summed E-state index contributed by atoms with van der Waals surface area (Å²) in [6, 6.07) is 11.7. The van der Waals surface area contributed by atoms with Crippen LogP contribution in [0.25, 0.3) is 11.1 Å². The normalized spacial score (nSPS) is 13.9. The molecule has 2 heterocycles. The Hall–Kier alpha value is -3.11. The van der Waals surface area contributed by atoms with Gasteiger partial charge in [0.25, 0.3) is 10.0 Å². The Morgan fingerprint density at radius 3 is 2.84 bits per heavy atom. The highest BCUT2D eigenvalue weighted by atomic mass is 32.2. The van der Waals surface area contributed by atoms with Crippen molar-refractivity contribution >= 4 is 32.7 Å². The number of anilines is 1. The first kappa shape index (κ1) is 21.1. The maximum absolute atomic E-state index is 13.3. The first-order chi connectivity index (χ1) is 14.9. The van der Waals surface area contributed by atoms with E-state index in [1.54, 1.807) is 6.07 Å². The fourth-order valence-corrected chi connectivity index (χ4v) is 5.28. The van der Waals surface area contributed by atoms with Gasteiger partial charge in [-0.25, -0.2) is 13.2 Å². The van der Waals surface area contributed by atoms with Crippen LogP contribution in [0.1, 0.15) is 12.0 Å². The standard InChI is InChI=1S/C21H23N3O6S/c1-29-12-10-22-20(25)14-23-18-9-8-16(13-19(18)30-21(23)26)31(27,28)24-11-4-6-15-5-2-3-7-17(15)24/h2-3,5,7-9,13H,4,6,10-12,14H2,1H3,(H,22,25). The smallest absolute Gasteiger partial charge is 0.408 e. The fraction of sp³-hybridized carbons (Fsp3) is 0.333. The van der Waals surface area contributed by atoms with Crippen molar-refractivity contribution in [3.8, 4) is 0 Å². The summed E-state index contributed by atoms with van der Waals surface area (Å²) < 4.78 is 39.3. The van der Waals surface area contributed by atoms with E-state index in [2.05, 4.69) is 5.32 Å². The molecule has 164 valence electrons. The van der Waals surface area contributed by atoms with E-state index in [0.717, 1.165) is 18.4 Å². The molecule has 0 bridgehead atoms. The number of para-hydroxylation sites is 1. The van der Waals surface area contributed by atoms with Gasteiger partial charge in [0, 0.05) is 26.3 Å². The van der Waals surface area contributed by atoms with E-state index >= 15 is 0 Å². The summed E-state index contributed by atoms with van der Waals surface area (Å²) in [6.07, 6.45) is 1.55. The Bertz CT molecular complexity index is 1280. The lowest BCUT2D eigenvalue weighted by Crippen LogP contribution is -2.35. The van der Waals surface area contributed by atoms with Crippen LogP contribution in [0, 0.1) is 0 Å². The van der Waals surface area contributed by atoms with Gasteiger partial charge in [0.1, 0.15) is 6.54 Å². The molecule has 10 heteroatoms. The van der Waals surface area contributed by atoms with Gasteiger partial charge in [-0.2, -0.15) is 0 Å². The van der Waals surface area contributed by atoms with E-state index in [1.807, 2.05) is 18.2 Å². The van der Waals surface area contributed by atoms with Crippen LogP contribution in [-0.2, 0) is 32.5 Å². The van der Waals surface area contributed by atoms with Crippen molar-refractivity contribution in [3.63, 3.8) is 0 Å². The van der Waals surface area contributed by atoms with Crippen LogP contribution in [0.15, 0.2) is 56.6 Å². The third-order valence-corrected chi connectivity index (χ3v) is 7.03. The molecule has 0 unspecified atom stereocenters. The summed E-state index contributed by atoms with van der Waals surface area (Å²) in [5.41, 5.74) is 2.11. The molecule has 0 saturated carbocycles. The van der Waals surface area contributed by atoms with E-state index < -0.39 is 15.8 Å². The quantitative estimate of drug-likeness (QED) is 0.552. The first-order valence-corrected chi connectivity index (χ1v) is 11.4. The largest absolute Gasteiger partial charge is 0.420 e. The van der Waals surface area contributed by atoms with Gasteiger partial charge < -0.3 is 14.5 Å². The molecule has 1 aliphatic rings. The zero-order valence-electron chi connectivity index (χ0n) is 17.0. The second-order valence-electron chi connectivity index (χ2n) is 7.24. The summed E-state index contributed by atoms with van der Waals surface area (Å²) in [7, 11) is -2.32. The van der Waals surface area contributed by atoms with Crippen LogP contribution < -0.4 is 15.4 Å². The van der Waals surface area contributed by atoms with Crippen LogP contribution in [0.2, 0.25) is 0 Å². The number of benzene rings is 2. The summed E-state index contributed by atoms with van der Waals surface area (Å²) in [5, 5.41) is 2.63. The number of nitrogens with one attached hydrogen (secondary N) is 1. The van der Waals surface area contributed by atoms with Gasteiger partial charge in [0.05, 0.1) is 22.7 Å². The van der Waals surface area contributed by atoms with E-state index in [0.29, 0.717) is 30.9 Å². The lowest BCUT2D eigenvalue weighted by atomic mass is 10.0. The molecule has 1 aromatic heterocycles. The number of amides is 1. The number of ether oxygens (including phenoxy) is 1. The lowest BCUT2D eigenvalue weighted by Gasteiger charge is -2.30. The van der Waals surface area contributed by atoms with Crippen molar-refractivity contribution in [2.45, 2.75) is 24.3 Å². The third-order valence-electron chi connectivity index (χ3n) is 5.23. The Morgan fingerprint density at radius 1 is 1.23 bits per heavy atom. The second kappa shape index (κ2) is 8.56.